The van der Waals surface area contributed by atoms with Crippen LogP contribution in [0.25, 0.3) is 0 Å². The second-order valence-corrected chi connectivity index (χ2v) is 6.44. The van der Waals surface area contributed by atoms with Gasteiger partial charge in [0.25, 0.3) is 0 Å². The van der Waals surface area contributed by atoms with Gasteiger partial charge in [-0.25, -0.2) is 0 Å². The summed E-state index contributed by atoms with van der Waals surface area (Å²) in [5, 5.41) is 4.27. The first-order valence-electron chi connectivity index (χ1n) is 6.48. The Morgan fingerprint density at radius 2 is 2.33 bits per heavy atom. The van der Waals surface area contributed by atoms with Crippen molar-refractivity contribution in [2.75, 3.05) is 26.7 Å². The van der Waals surface area contributed by atoms with Crippen LogP contribution in [0.1, 0.15) is 18.4 Å². The standard InChI is InChI=1S/C14H20BrClN2/c1-18(9-11-3-2-6-17-8-11)10-12-7-13(16)4-5-14(12)15/h4-5,7,11,17H,2-3,6,8-10H2,1H3. The van der Waals surface area contributed by atoms with Crippen molar-refractivity contribution in [2.24, 2.45) is 5.92 Å². The minimum absolute atomic E-state index is 0.779. The summed E-state index contributed by atoms with van der Waals surface area (Å²) in [6, 6.07) is 5.98. The van der Waals surface area contributed by atoms with Crippen molar-refractivity contribution in [3.63, 3.8) is 0 Å². The van der Waals surface area contributed by atoms with E-state index in [0.717, 1.165) is 35.0 Å². The predicted molar refractivity (Wildman–Crippen MR) is 81.1 cm³/mol. The van der Waals surface area contributed by atoms with Crippen LogP contribution >= 0.6 is 27.5 Å². The van der Waals surface area contributed by atoms with Crippen molar-refractivity contribution >= 4 is 27.5 Å². The molecule has 100 valence electrons. The fourth-order valence-electron chi connectivity index (χ4n) is 2.54. The van der Waals surface area contributed by atoms with Gasteiger partial charge in [-0.3, -0.25) is 0 Å². The fraction of sp³-hybridized carbons (Fsp3) is 0.571. The van der Waals surface area contributed by atoms with Gasteiger partial charge in [0.1, 0.15) is 0 Å². The van der Waals surface area contributed by atoms with Gasteiger partial charge in [-0.05, 0) is 62.7 Å². The van der Waals surface area contributed by atoms with Gasteiger partial charge in [0.15, 0.2) is 0 Å². The summed E-state index contributed by atoms with van der Waals surface area (Å²) in [5.74, 6) is 0.779. The van der Waals surface area contributed by atoms with Crippen LogP contribution in [-0.2, 0) is 6.54 Å². The van der Waals surface area contributed by atoms with E-state index in [1.807, 2.05) is 18.2 Å². The lowest BCUT2D eigenvalue weighted by Crippen LogP contribution is -2.36. The van der Waals surface area contributed by atoms with E-state index in [4.69, 9.17) is 11.6 Å². The molecule has 1 N–H and O–H groups in total. The molecule has 4 heteroatoms. The zero-order valence-corrected chi connectivity index (χ0v) is 13.1. The summed E-state index contributed by atoms with van der Waals surface area (Å²) in [7, 11) is 2.18. The maximum absolute atomic E-state index is 6.04. The average Bonchev–Trinajstić information content (AvgIpc) is 2.35. The minimum Gasteiger partial charge on any atom is -0.316 e. The highest BCUT2D eigenvalue weighted by atomic mass is 79.9. The van der Waals surface area contributed by atoms with Gasteiger partial charge in [0, 0.05) is 22.6 Å². The lowest BCUT2D eigenvalue weighted by Gasteiger charge is -2.27. The first-order valence-corrected chi connectivity index (χ1v) is 7.65. The summed E-state index contributed by atoms with van der Waals surface area (Å²) < 4.78 is 1.14. The summed E-state index contributed by atoms with van der Waals surface area (Å²) in [4.78, 5) is 2.38. The fourth-order valence-corrected chi connectivity index (χ4v) is 3.11. The van der Waals surface area contributed by atoms with Crippen LogP contribution in [0.2, 0.25) is 5.02 Å². The van der Waals surface area contributed by atoms with Crippen LogP contribution in [0, 0.1) is 5.92 Å². The van der Waals surface area contributed by atoms with Crippen molar-refractivity contribution in [1.82, 2.24) is 10.2 Å². The molecule has 2 nitrogen and oxygen atoms in total. The normalized spacial score (nSPS) is 20.3. The van der Waals surface area contributed by atoms with Crippen LogP contribution in [0.3, 0.4) is 0 Å². The third kappa shape index (κ3) is 4.23. The van der Waals surface area contributed by atoms with Gasteiger partial charge in [-0.15, -0.1) is 0 Å². The van der Waals surface area contributed by atoms with Crippen LogP contribution in [-0.4, -0.2) is 31.6 Å². The molecule has 0 radical (unpaired) electrons. The molecule has 0 spiro atoms. The lowest BCUT2D eigenvalue weighted by molar-refractivity contribution is 0.237. The summed E-state index contributed by atoms with van der Waals surface area (Å²) in [5.41, 5.74) is 1.26. The third-order valence-corrected chi connectivity index (χ3v) is 4.43. The maximum atomic E-state index is 6.04. The van der Waals surface area contributed by atoms with Gasteiger partial charge >= 0.3 is 0 Å². The number of rotatable bonds is 4. The van der Waals surface area contributed by atoms with Crippen molar-refractivity contribution in [2.45, 2.75) is 19.4 Å². The van der Waals surface area contributed by atoms with E-state index >= 15 is 0 Å². The molecule has 1 aliphatic rings. The molecule has 0 aromatic heterocycles. The quantitative estimate of drug-likeness (QED) is 0.908. The molecule has 0 amide bonds. The number of hydrogen-bond acceptors (Lipinski definition) is 2. The Kier molecular flexibility index (Phi) is 5.49. The van der Waals surface area contributed by atoms with Crippen LogP contribution in [0.5, 0.6) is 0 Å². The Hall–Kier alpha value is -0.0900. The smallest absolute Gasteiger partial charge is 0.0410 e. The summed E-state index contributed by atoms with van der Waals surface area (Å²) in [6.45, 7) is 4.42. The van der Waals surface area contributed by atoms with Gasteiger partial charge in [-0.2, -0.15) is 0 Å². The molecule has 1 aromatic rings. The first-order chi connectivity index (χ1) is 8.65. The van der Waals surface area contributed by atoms with E-state index < -0.39 is 0 Å². The van der Waals surface area contributed by atoms with Crippen molar-refractivity contribution < 1.29 is 0 Å². The van der Waals surface area contributed by atoms with Crippen LogP contribution in [0.15, 0.2) is 22.7 Å². The molecule has 1 aliphatic heterocycles. The molecule has 0 aliphatic carbocycles. The van der Waals surface area contributed by atoms with Crippen molar-refractivity contribution in [3.8, 4) is 0 Å². The van der Waals surface area contributed by atoms with E-state index in [9.17, 15) is 0 Å². The summed E-state index contributed by atoms with van der Waals surface area (Å²) >= 11 is 9.63. The zero-order valence-electron chi connectivity index (χ0n) is 10.8. The number of halogens is 2. The Bertz CT molecular complexity index is 391. The highest BCUT2D eigenvalue weighted by molar-refractivity contribution is 9.10. The highest BCUT2D eigenvalue weighted by Gasteiger charge is 2.15. The first kappa shape index (κ1) is 14.3. The van der Waals surface area contributed by atoms with Crippen LogP contribution in [0.4, 0.5) is 0 Å². The number of nitrogens with one attached hydrogen (secondary N) is 1. The second-order valence-electron chi connectivity index (χ2n) is 5.14. The monoisotopic (exact) mass is 330 g/mol. The average molecular weight is 332 g/mol. The van der Waals surface area contributed by atoms with E-state index in [2.05, 4.69) is 33.2 Å². The largest absolute Gasteiger partial charge is 0.316 e. The number of piperidine rings is 1. The topological polar surface area (TPSA) is 15.3 Å². The van der Waals surface area contributed by atoms with Gasteiger partial charge < -0.3 is 10.2 Å². The lowest BCUT2D eigenvalue weighted by atomic mass is 9.99. The van der Waals surface area contributed by atoms with Gasteiger partial charge in [0.2, 0.25) is 0 Å². The third-order valence-electron chi connectivity index (χ3n) is 3.42. The number of nitrogens with zero attached hydrogens (tertiary/aromatic N) is 1. The Morgan fingerprint density at radius 3 is 3.06 bits per heavy atom. The van der Waals surface area contributed by atoms with Gasteiger partial charge in [-0.1, -0.05) is 27.5 Å². The highest BCUT2D eigenvalue weighted by Crippen LogP contribution is 2.23. The van der Waals surface area contributed by atoms with E-state index in [0.29, 0.717) is 0 Å². The second kappa shape index (κ2) is 6.90. The van der Waals surface area contributed by atoms with E-state index in [1.165, 1.54) is 24.9 Å². The molecule has 1 fully saturated rings. The van der Waals surface area contributed by atoms with E-state index in [-0.39, 0.29) is 0 Å². The molecular formula is C14H20BrClN2. The molecule has 1 aromatic carbocycles. The molecule has 1 unspecified atom stereocenters. The SMILES string of the molecule is CN(Cc1cc(Cl)ccc1Br)CC1CCCNC1. The summed E-state index contributed by atoms with van der Waals surface area (Å²) in [6.07, 6.45) is 2.65. The molecular weight excluding hydrogens is 312 g/mol. The Labute approximate surface area is 123 Å². The van der Waals surface area contributed by atoms with Crippen molar-refractivity contribution in [3.05, 3.63) is 33.3 Å². The molecule has 1 atom stereocenters. The molecule has 1 saturated heterocycles. The molecule has 0 bridgehead atoms. The molecule has 18 heavy (non-hydrogen) atoms. The maximum Gasteiger partial charge on any atom is 0.0410 e. The van der Waals surface area contributed by atoms with Gasteiger partial charge in [0.05, 0.1) is 0 Å². The Balaban J connectivity index is 1.89. The number of benzene rings is 1. The van der Waals surface area contributed by atoms with Crippen molar-refractivity contribution in [1.29, 1.82) is 0 Å². The molecule has 0 saturated carbocycles. The molecule has 1 heterocycles. The number of hydrogen-bond donors (Lipinski definition) is 1. The molecule has 2 rings (SSSR count). The Morgan fingerprint density at radius 1 is 1.50 bits per heavy atom. The minimum atomic E-state index is 0.779. The van der Waals surface area contributed by atoms with Crippen LogP contribution < -0.4 is 5.32 Å². The van der Waals surface area contributed by atoms with E-state index in [1.54, 1.807) is 0 Å². The predicted octanol–water partition coefficient (Wildman–Crippen LogP) is 3.53. The zero-order chi connectivity index (χ0) is 13.0.